The van der Waals surface area contributed by atoms with Crippen LogP contribution in [0, 0.1) is 0 Å². The second-order valence-corrected chi connectivity index (χ2v) is 4.55. The summed E-state index contributed by atoms with van der Waals surface area (Å²) in [5.74, 6) is 5.74. The fourth-order valence-corrected chi connectivity index (χ4v) is 1.57. The summed E-state index contributed by atoms with van der Waals surface area (Å²) in [7, 11) is -0.738. The lowest BCUT2D eigenvalue weighted by Gasteiger charge is -2.14. The van der Waals surface area contributed by atoms with Crippen molar-refractivity contribution in [3.8, 4) is 0 Å². The molecule has 0 aromatic rings. The van der Waals surface area contributed by atoms with Gasteiger partial charge in [0.05, 0.1) is 0 Å². The summed E-state index contributed by atoms with van der Waals surface area (Å²) in [5, 5.41) is 3.37. The van der Waals surface area contributed by atoms with Gasteiger partial charge in [-0.15, -0.1) is 0 Å². The van der Waals surface area contributed by atoms with Gasteiger partial charge in [-0.25, -0.2) is 5.84 Å². The lowest BCUT2D eigenvalue weighted by atomic mass is 10.3. The van der Waals surface area contributed by atoms with Crippen LogP contribution in [-0.2, 0) is 10.8 Å². The molecule has 12 heavy (non-hydrogen) atoms. The second-order valence-electron chi connectivity index (χ2n) is 2.58. The fraction of sp³-hybridized carbons (Fsp3) is 0.833. The van der Waals surface area contributed by atoms with Crippen LogP contribution in [0.25, 0.3) is 0 Å². The Kier molecular flexibility index (Phi) is 6.23. The average molecular weight is 209 g/mol. The van der Waals surface area contributed by atoms with E-state index in [0.29, 0.717) is 10.9 Å². The molecular formula is C6H15N3OS2. The number of rotatable bonds is 4. The first-order valence-electron chi connectivity index (χ1n) is 3.63. The summed E-state index contributed by atoms with van der Waals surface area (Å²) >= 11 is 4.79. The fourth-order valence-electron chi connectivity index (χ4n) is 0.680. The van der Waals surface area contributed by atoms with Gasteiger partial charge in [-0.3, -0.25) is 4.21 Å². The molecule has 0 bridgehead atoms. The van der Waals surface area contributed by atoms with Crippen LogP contribution in [0.4, 0.5) is 0 Å². The Labute approximate surface area is 80.7 Å². The van der Waals surface area contributed by atoms with E-state index >= 15 is 0 Å². The van der Waals surface area contributed by atoms with Crippen molar-refractivity contribution in [2.24, 2.45) is 5.84 Å². The molecule has 0 aliphatic rings. The Morgan fingerprint density at radius 1 is 1.75 bits per heavy atom. The molecule has 0 aromatic carbocycles. The summed E-state index contributed by atoms with van der Waals surface area (Å²) in [6.07, 6.45) is 2.51. The van der Waals surface area contributed by atoms with Crippen LogP contribution in [0.2, 0.25) is 0 Å². The average Bonchev–Trinajstić information content (AvgIpc) is 2.00. The van der Waals surface area contributed by atoms with Crippen molar-refractivity contribution in [3.05, 3.63) is 0 Å². The van der Waals surface area contributed by atoms with Gasteiger partial charge in [0.25, 0.3) is 0 Å². The predicted octanol–water partition coefficient (Wildman–Crippen LogP) is -0.519. The van der Waals surface area contributed by atoms with Gasteiger partial charge in [0.2, 0.25) is 0 Å². The lowest BCUT2D eigenvalue weighted by molar-refractivity contribution is 0.629. The van der Waals surface area contributed by atoms with E-state index in [1.807, 2.05) is 6.92 Å². The molecule has 4 N–H and O–H groups in total. The highest BCUT2D eigenvalue weighted by molar-refractivity contribution is 7.84. The van der Waals surface area contributed by atoms with Crippen LogP contribution in [-0.4, -0.2) is 27.4 Å². The maximum Gasteiger partial charge on any atom is 0.180 e. The van der Waals surface area contributed by atoms with Crippen molar-refractivity contribution in [2.75, 3.05) is 12.0 Å². The van der Waals surface area contributed by atoms with Crippen LogP contribution in [0.1, 0.15) is 13.3 Å². The van der Waals surface area contributed by atoms with Gasteiger partial charge in [0, 0.05) is 28.9 Å². The molecule has 0 amide bonds. The SMILES string of the molecule is CC(CCS(C)=O)NC(=S)NN. The number of hydrogen-bond donors (Lipinski definition) is 3. The van der Waals surface area contributed by atoms with Crippen LogP contribution in [0.5, 0.6) is 0 Å². The van der Waals surface area contributed by atoms with Crippen LogP contribution in [0.15, 0.2) is 0 Å². The van der Waals surface area contributed by atoms with Crippen LogP contribution >= 0.6 is 12.2 Å². The summed E-state index contributed by atoms with van der Waals surface area (Å²) in [5.41, 5.74) is 2.33. The third-order valence-electron chi connectivity index (χ3n) is 1.35. The molecule has 4 nitrogen and oxygen atoms in total. The molecule has 2 atom stereocenters. The maximum absolute atomic E-state index is 10.7. The molecule has 72 valence electrons. The lowest BCUT2D eigenvalue weighted by Crippen LogP contribution is -2.44. The largest absolute Gasteiger partial charge is 0.359 e. The highest BCUT2D eigenvalue weighted by Crippen LogP contribution is 1.91. The van der Waals surface area contributed by atoms with Crippen molar-refractivity contribution in [2.45, 2.75) is 19.4 Å². The highest BCUT2D eigenvalue weighted by Gasteiger charge is 2.03. The Bertz CT molecular complexity index is 174. The Morgan fingerprint density at radius 2 is 2.33 bits per heavy atom. The maximum atomic E-state index is 10.7. The Morgan fingerprint density at radius 3 is 2.75 bits per heavy atom. The first-order chi connectivity index (χ1) is 5.56. The van der Waals surface area contributed by atoms with E-state index in [1.165, 1.54) is 0 Å². The zero-order chi connectivity index (χ0) is 9.56. The molecule has 0 spiro atoms. The van der Waals surface area contributed by atoms with Gasteiger partial charge in [-0.05, 0) is 25.6 Å². The quantitative estimate of drug-likeness (QED) is 0.330. The van der Waals surface area contributed by atoms with E-state index < -0.39 is 10.8 Å². The standard InChI is InChI=1S/C6H15N3OS2/c1-5(3-4-12(2)10)8-6(11)9-7/h5H,3-4,7H2,1-2H3,(H2,8,9,11). The summed E-state index contributed by atoms with van der Waals surface area (Å²) < 4.78 is 10.7. The number of thiocarbonyl (C=S) groups is 1. The minimum absolute atomic E-state index is 0.206. The molecule has 0 aromatic heterocycles. The first-order valence-corrected chi connectivity index (χ1v) is 5.77. The normalized spacial score (nSPS) is 14.9. The number of nitrogens with one attached hydrogen (secondary N) is 2. The second kappa shape index (κ2) is 6.33. The van der Waals surface area contributed by atoms with Gasteiger partial charge in [0.15, 0.2) is 5.11 Å². The summed E-state index contributed by atoms with van der Waals surface area (Å²) in [6.45, 7) is 1.97. The minimum Gasteiger partial charge on any atom is -0.359 e. The number of nitrogens with two attached hydrogens (primary N) is 1. The van der Waals surface area contributed by atoms with Gasteiger partial charge in [0.1, 0.15) is 0 Å². The van der Waals surface area contributed by atoms with Crippen molar-refractivity contribution < 1.29 is 4.21 Å². The van der Waals surface area contributed by atoms with Crippen LogP contribution in [0.3, 0.4) is 0 Å². The molecular weight excluding hydrogens is 194 g/mol. The number of hydrogen-bond acceptors (Lipinski definition) is 3. The van der Waals surface area contributed by atoms with Crippen molar-refractivity contribution in [3.63, 3.8) is 0 Å². The minimum atomic E-state index is -0.738. The molecule has 0 aliphatic carbocycles. The smallest absolute Gasteiger partial charge is 0.180 e. The van der Waals surface area contributed by atoms with E-state index in [4.69, 9.17) is 18.1 Å². The zero-order valence-electron chi connectivity index (χ0n) is 7.29. The molecule has 0 aliphatic heterocycles. The molecule has 6 heteroatoms. The summed E-state index contributed by atoms with van der Waals surface area (Å²) in [6, 6.07) is 0.206. The molecule has 0 saturated carbocycles. The van der Waals surface area contributed by atoms with E-state index in [9.17, 15) is 4.21 Å². The Balaban J connectivity index is 3.52. The van der Waals surface area contributed by atoms with E-state index in [1.54, 1.807) is 6.26 Å². The molecule has 0 saturated heterocycles. The van der Waals surface area contributed by atoms with Gasteiger partial charge in [-0.2, -0.15) is 0 Å². The first kappa shape index (κ1) is 11.8. The summed E-state index contributed by atoms with van der Waals surface area (Å²) in [4.78, 5) is 0. The Hall–Kier alpha value is -0.200. The molecule has 0 rings (SSSR count). The van der Waals surface area contributed by atoms with Crippen molar-refractivity contribution >= 4 is 28.1 Å². The van der Waals surface area contributed by atoms with Crippen molar-refractivity contribution in [1.82, 2.24) is 10.7 Å². The van der Waals surface area contributed by atoms with E-state index in [0.717, 1.165) is 6.42 Å². The molecule has 0 heterocycles. The molecule has 0 radical (unpaired) electrons. The van der Waals surface area contributed by atoms with Gasteiger partial charge < -0.3 is 10.7 Å². The van der Waals surface area contributed by atoms with Gasteiger partial charge >= 0.3 is 0 Å². The van der Waals surface area contributed by atoms with Crippen molar-refractivity contribution in [1.29, 1.82) is 0 Å². The third-order valence-corrected chi connectivity index (χ3v) is 2.39. The topological polar surface area (TPSA) is 67.2 Å². The van der Waals surface area contributed by atoms with Gasteiger partial charge in [-0.1, -0.05) is 0 Å². The molecule has 2 unspecified atom stereocenters. The highest BCUT2D eigenvalue weighted by atomic mass is 32.2. The zero-order valence-corrected chi connectivity index (χ0v) is 8.93. The number of hydrazine groups is 1. The third kappa shape index (κ3) is 6.51. The molecule has 0 fully saturated rings. The van der Waals surface area contributed by atoms with Crippen LogP contribution < -0.4 is 16.6 Å². The van der Waals surface area contributed by atoms with E-state index in [-0.39, 0.29) is 6.04 Å². The van der Waals surface area contributed by atoms with E-state index in [2.05, 4.69) is 10.7 Å². The monoisotopic (exact) mass is 209 g/mol. The predicted molar refractivity (Wildman–Crippen MR) is 56.1 cm³/mol.